The Morgan fingerprint density at radius 2 is 2.11 bits per heavy atom. The first kappa shape index (κ1) is 14.1. The van der Waals surface area contributed by atoms with Gasteiger partial charge < -0.3 is 14.3 Å². The number of nitrogens with one attached hydrogen (secondary N) is 1. The monoisotopic (exact) mass is 290 g/mol. The third-order valence-corrected chi connectivity index (χ3v) is 3.19. The van der Waals surface area contributed by atoms with E-state index in [0.717, 1.165) is 12.1 Å². The summed E-state index contributed by atoms with van der Waals surface area (Å²) in [6.07, 6.45) is -4.36. The summed E-state index contributed by atoms with van der Waals surface area (Å²) in [6.45, 7) is 2.33. The van der Waals surface area contributed by atoms with E-state index in [2.05, 4.69) is 4.98 Å². The van der Waals surface area contributed by atoms with Crippen molar-refractivity contribution in [2.24, 2.45) is 0 Å². The quantitative estimate of drug-likeness (QED) is 0.868. The van der Waals surface area contributed by atoms with E-state index in [1.807, 2.05) is 6.92 Å². The zero-order valence-corrected chi connectivity index (χ0v) is 11.2. The highest BCUT2D eigenvalue weighted by molar-refractivity contribution is 7.71. The molecule has 0 aliphatic carbocycles. The number of hydrogen-bond acceptors (Lipinski definition) is 2. The summed E-state index contributed by atoms with van der Waals surface area (Å²) in [5.41, 5.74) is 0.327. The van der Waals surface area contributed by atoms with Gasteiger partial charge in [0.25, 0.3) is 0 Å². The molecule has 1 atom stereocenters. The molecule has 2 aromatic rings. The molecule has 2 rings (SSSR count). The van der Waals surface area contributed by atoms with Gasteiger partial charge in [0.1, 0.15) is 0 Å². The van der Waals surface area contributed by atoms with Crippen LogP contribution in [0, 0.1) is 4.77 Å². The van der Waals surface area contributed by atoms with E-state index in [-0.39, 0.29) is 6.04 Å². The molecule has 1 aromatic heterocycles. The molecule has 0 bridgehead atoms. The molecule has 0 radical (unpaired) electrons. The van der Waals surface area contributed by atoms with Crippen LogP contribution in [0.1, 0.15) is 18.5 Å². The standard InChI is InChI=1S/C12H13F3N2OS/c1-7(6-18-2)17-10-4-3-8(12(13,14)15)5-9(10)16-11(17)19/h3-5,7H,6H2,1-2H3,(H,16,19). The number of halogens is 3. The normalized spacial score (nSPS) is 13.9. The maximum absolute atomic E-state index is 12.6. The number of alkyl halides is 3. The third kappa shape index (κ3) is 2.66. The number of methoxy groups -OCH3 is 1. The highest BCUT2D eigenvalue weighted by Gasteiger charge is 2.30. The summed E-state index contributed by atoms with van der Waals surface area (Å²) in [5.74, 6) is 0. The van der Waals surface area contributed by atoms with Gasteiger partial charge in [0, 0.05) is 7.11 Å². The molecule has 1 aromatic carbocycles. The molecule has 0 saturated carbocycles. The average Bonchev–Trinajstić information content (AvgIpc) is 2.62. The van der Waals surface area contributed by atoms with Crippen molar-refractivity contribution in [3.8, 4) is 0 Å². The predicted molar refractivity (Wildman–Crippen MR) is 68.7 cm³/mol. The Labute approximate surface area is 113 Å². The van der Waals surface area contributed by atoms with Crippen molar-refractivity contribution in [1.82, 2.24) is 9.55 Å². The summed E-state index contributed by atoms with van der Waals surface area (Å²) in [4.78, 5) is 2.80. The lowest BCUT2D eigenvalue weighted by Crippen LogP contribution is -2.11. The molecule has 1 unspecified atom stereocenters. The van der Waals surface area contributed by atoms with Gasteiger partial charge in [-0.05, 0) is 37.3 Å². The van der Waals surface area contributed by atoms with Crippen LogP contribution in [-0.4, -0.2) is 23.3 Å². The molecule has 0 saturated heterocycles. The number of hydrogen-bond donors (Lipinski definition) is 1. The van der Waals surface area contributed by atoms with Crippen LogP contribution in [0.2, 0.25) is 0 Å². The van der Waals surface area contributed by atoms with Gasteiger partial charge in [-0.2, -0.15) is 13.2 Å². The van der Waals surface area contributed by atoms with E-state index in [4.69, 9.17) is 17.0 Å². The smallest absolute Gasteiger partial charge is 0.383 e. The Balaban J connectivity index is 2.57. The molecule has 0 spiro atoms. The van der Waals surface area contributed by atoms with Crippen LogP contribution in [-0.2, 0) is 10.9 Å². The number of aromatic nitrogens is 2. The van der Waals surface area contributed by atoms with Crippen molar-refractivity contribution in [1.29, 1.82) is 0 Å². The first-order valence-electron chi connectivity index (χ1n) is 5.65. The highest BCUT2D eigenvalue weighted by Crippen LogP contribution is 2.31. The number of nitrogens with zero attached hydrogens (tertiary/aromatic N) is 1. The minimum absolute atomic E-state index is 0.0528. The van der Waals surface area contributed by atoms with E-state index in [0.29, 0.717) is 22.4 Å². The van der Waals surface area contributed by atoms with Crippen molar-refractivity contribution in [3.05, 3.63) is 28.5 Å². The van der Waals surface area contributed by atoms with Crippen LogP contribution < -0.4 is 0 Å². The first-order valence-corrected chi connectivity index (χ1v) is 6.06. The first-order chi connectivity index (χ1) is 8.84. The number of fused-ring (bicyclic) bond motifs is 1. The summed E-state index contributed by atoms with van der Waals surface area (Å²) >= 11 is 5.15. The molecule has 104 valence electrons. The van der Waals surface area contributed by atoms with E-state index >= 15 is 0 Å². The topological polar surface area (TPSA) is 29.9 Å². The number of H-pyrrole nitrogens is 1. The minimum atomic E-state index is -4.36. The summed E-state index contributed by atoms with van der Waals surface area (Å²) in [5, 5.41) is 0. The summed E-state index contributed by atoms with van der Waals surface area (Å²) in [7, 11) is 1.57. The van der Waals surface area contributed by atoms with Crippen LogP contribution in [0.5, 0.6) is 0 Å². The number of imidazole rings is 1. The highest BCUT2D eigenvalue weighted by atomic mass is 32.1. The molecular weight excluding hydrogens is 277 g/mol. The Bertz CT molecular complexity index is 644. The molecule has 1 N–H and O–H groups in total. The maximum Gasteiger partial charge on any atom is 0.416 e. The van der Waals surface area contributed by atoms with E-state index < -0.39 is 11.7 Å². The fourth-order valence-corrected chi connectivity index (χ4v) is 2.45. The number of rotatable bonds is 3. The van der Waals surface area contributed by atoms with Gasteiger partial charge in [-0.15, -0.1) is 0 Å². The third-order valence-electron chi connectivity index (χ3n) is 2.89. The second-order valence-corrected chi connectivity index (χ2v) is 4.72. The predicted octanol–water partition coefficient (Wildman–Crippen LogP) is 3.93. The zero-order chi connectivity index (χ0) is 14.2. The van der Waals surface area contributed by atoms with Crippen molar-refractivity contribution >= 4 is 23.3 Å². The zero-order valence-electron chi connectivity index (χ0n) is 10.4. The lowest BCUT2D eigenvalue weighted by molar-refractivity contribution is -0.137. The molecule has 0 fully saturated rings. The second kappa shape index (κ2) is 4.97. The fourth-order valence-electron chi connectivity index (χ4n) is 2.06. The lowest BCUT2D eigenvalue weighted by atomic mass is 10.2. The SMILES string of the molecule is COCC(C)n1c(=S)[nH]c2cc(C(F)(F)F)ccc21. The van der Waals surface area contributed by atoms with E-state index in [9.17, 15) is 13.2 Å². The number of aromatic amines is 1. The van der Waals surface area contributed by atoms with E-state index in [1.54, 1.807) is 11.7 Å². The molecular formula is C12H13F3N2OS. The van der Waals surface area contributed by atoms with Crippen molar-refractivity contribution in [2.45, 2.75) is 19.1 Å². The van der Waals surface area contributed by atoms with Gasteiger partial charge in [0.05, 0.1) is 29.2 Å². The van der Waals surface area contributed by atoms with Crippen LogP contribution in [0.25, 0.3) is 11.0 Å². The molecule has 3 nitrogen and oxygen atoms in total. The Kier molecular flexibility index (Phi) is 3.69. The summed E-state index contributed by atoms with van der Waals surface area (Å²) in [6, 6.07) is 3.50. The Morgan fingerprint density at radius 3 is 2.68 bits per heavy atom. The van der Waals surface area contributed by atoms with Crippen molar-refractivity contribution in [2.75, 3.05) is 13.7 Å². The van der Waals surface area contributed by atoms with Crippen LogP contribution in [0.15, 0.2) is 18.2 Å². The van der Waals surface area contributed by atoms with Crippen LogP contribution in [0.3, 0.4) is 0 Å². The molecule has 19 heavy (non-hydrogen) atoms. The lowest BCUT2D eigenvalue weighted by Gasteiger charge is -2.13. The molecule has 0 aliphatic rings. The van der Waals surface area contributed by atoms with Gasteiger partial charge in [-0.25, -0.2) is 0 Å². The molecule has 7 heteroatoms. The van der Waals surface area contributed by atoms with Gasteiger partial charge in [-0.3, -0.25) is 0 Å². The Hall–Kier alpha value is -1.34. The molecule has 1 heterocycles. The van der Waals surface area contributed by atoms with Gasteiger partial charge in [0.15, 0.2) is 4.77 Å². The van der Waals surface area contributed by atoms with Crippen molar-refractivity contribution in [3.63, 3.8) is 0 Å². The molecule has 0 aliphatic heterocycles. The largest absolute Gasteiger partial charge is 0.416 e. The number of ether oxygens (including phenoxy) is 1. The Morgan fingerprint density at radius 1 is 1.42 bits per heavy atom. The summed E-state index contributed by atoms with van der Waals surface area (Å²) < 4.78 is 45.1. The minimum Gasteiger partial charge on any atom is -0.383 e. The maximum atomic E-state index is 12.6. The molecule has 0 amide bonds. The van der Waals surface area contributed by atoms with Crippen LogP contribution >= 0.6 is 12.2 Å². The fraction of sp³-hybridized carbons (Fsp3) is 0.417. The van der Waals surface area contributed by atoms with E-state index in [1.165, 1.54) is 6.07 Å². The van der Waals surface area contributed by atoms with Crippen molar-refractivity contribution < 1.29 is 17.9 Å². The average molecular weight is 290 g/mol. The number of benzene rings is 1. The van der Waals surface area contributed by atoms with Gasteiger partial charge in [0.2, 0.25) is 0 Å². The van der Waals surface area contributed by atoms with Gasteiger partial charge in [-0.1, -0.05) is 0 Å². The second-order valence-electron chi connectivity index (χ2n) is 4.33. The van der Waals surface area contributed by atoms with Crippen LogP contribution in [0.4, 0.5) is 13.2 Å². The van der Waals surface area contributed by atoms with Gasteiger partial charge >= 0.3 is 6.18 Å².